The van der Waals surface area contributed by atoms with Crippen LogP contribution in [0.25, 0.3) is 4.96 Å². The van der Waals surface area contributed by atoms with Gasteiger partial charge in [-0.05, 0) is 30.7 Å². The zero-order valence-corrected chi connectivity index (χ0v) is 14.1. The number of ether oxygens (including phenoxy) is 1. The Hall–Kier alpha value is -2.74. The number of aromatic nitrogens is 3. The molecule has 0 fully saturated rings. The second kappa shape index (κ2) is 6.79. The van der Waals surface area contributed by atoms with E-state index in [2.05, 4.69) is 15.4 Å². The third-order valence-corrected chi connectivity index (χ3v) is 4.26. The number of anilines is 1. The molecule has 1 amide bonds. The molecule has 0 saturated carbocycles. The normalized spacial score (nSPS) is 10.8. The number of carbonyl (C=O) groups excluding carboxylic acids is 1. The Labute approximate surface area is 141 Å². The molecule has 0 bridgehead atoms. The highest BCUT2D eigenvalue weighted by Crippen LogP contribution is 2.17. The van der Waals surface area contributed by atoms with Gasteiger partial charge in [0.15, 0.2) is 0 Å². The number of carbonyl (C=O) groups is 1. The molecule has 124 valence electrons. The molecule has 24 heavy (non-hydrogen) atoms. The van der Waals surface area contributed by atoms with Crippen LogP contribution in [-0.4, -0.2) is 20.5 Å². The van der Waals surface area contributed by atoms with Gasteiger partial charge in [-0.1, -0.05) is 18.3 Å². The lowest BCUT2D eigenvalue weighted by atomic mass is 10.3. The quantitative estimate of drug-likeness (QED) is 0.767. The Morgan fingerprint density at radius 3 is 2.75 bits per heavy atom. The number of nitrogens with one attached hydrogen (secondary N) is 1. The molecule has 1 aromatic carbocycles. The number of rotatable bonds is 5. The van der Waals surface area contributed by atoms with Crippen LogP contribution in [0.1, 0.15) is 24.5 Å². The molecule has 0 radical (unpaired) electrons. The SMILES string of the molecule is CCc1nn2c(=O)cc(COc3ccc(NC(C)=O)cc3)nc2s1. The van der Waals surface area contributed by atoms with Crippen molar-refractivity contribution >= 4 is 27.9 Å². The summed E-state index contributed by atoms with van der Waals surface area (Å²) in [5, 5.41) is 7.76. The monoisotopic (exact) mass is 344 g/mol. The topological polar surface area (TPSA) is 85.6 Å². The van der Waals surface area contributed by atoms with Crippen molar-refractivity contribution in [3.8, 4) is 5.75 Å². The fraction of sp³-hybridized carbons (Fsp3) is 0.250. The van der Waals surface area contributed by atoms with Crippen LogP contribution in [0.5, 0.6) is 5.75 Å². The third-order valence-electron chi connectivity index (χ3n) is 3.20. The van der Waals surface area contributed by atoms with E-state index in [1.807, 2.05) is 6.92 Å². The van der Waals surface area contributed by atoms with Crippen molar-refractivity contribution in [1.82, 2.24) is 14.6 Å². The summed E-state index contributed by atoms with van der Waals surface area (Å²) in [5.74, 6) is 0.502. The number of fused-ring (bicyclic) bond motifs is 1. The van der Waals surface area contributed by atoms with E-state index in [-0.39, 0.29) is 18.1 Å². The zero-order chi connectivity index (χ0) is 17.1. The molecule has 0 unspecified atom stereocenters. The van der Waals surface area contributed by atoms with Crippen LogP contribution in [0.4, 0.5) is 5.69 Å². The van der Waals surface area contributed by atoms with Crippen molar-refractivity contribution in [3.05, 3.63) is 51.4 Å². The van der Waals surface area contributed by atoms with E-state index >= 15 is 0 Å². The van der Waals surface area contributed by atoms with Gasteiger partial charge in [0.1, 0.15) is 17.4 Å². The maximum atomic E-state index is 12.1. The number of nitrogens with zero attached hydrogens (tertiary/aromatic N) is 3. The Bertz CT molecular complexity index is 931. The summed E-state index contributed by atoms with van der Waals surface area (Å²) >= 11 is 1.40. The highest BCUT2D eigenvalue weighted by atomic mass is 32.1. The first-order chi connectivity index (χ1) is 11.5. The van der Waals surface area contributed by atoms with Crippen LogP contribution in [-0.2, 0) is 17.8 Å². The summed E-state index contributed by atoms with van der Waals surface area (Å²) in [6.07, 6.45) is 0.764. The molecule has 7 nitrogen and oxygen atoms in total. The van der Waals surface area contributed by atoms with Gasteiger partial charge in [0.25, 0.3) is 5.56 Å². The van der Waals surface area contributed by atoms with Gasteiger partial charge in [0, 0.05) is 18.7 Å². The highest BCUT2D eigenvalue weighted by Gasteiger charge is 2.08. The predicted molar refractivity (Wildman–Crippen MR) is 91.6 cm³/mol. The first kappa shape index (κ1) is 16.1. The third kappa shape index (κ3) is 3.60. The molecule has 0 atom stereocenters. The second-order valence-corrected chi connectivity index (χ2v) is 6.16. The van der Waals surface area contributed by atoms with Crippen molar-refractivity contribution in [3.63, 3.8) is 0 Å². The molecular formula is C16H16N4O3S. The summed E-state index contributed by atoms with van der Waals surface area (Å²) in [5.41, 5.74) is 1.04. The van der Waals surface area contributed by atoms with Crippen LogP contribution in [0.2, 0.25) is 0 Å². The molecule has 0 spiro atoms. The average molecular weight is 344 g/mol. The number of benzene rings is 1. The lowest BCUT2D eigenvalue weighted by Crippen LogP contribution is -2.16. The Balaban J connectivity index is 1.73. The van der Waals surface area contributed by atoms with E-state index in [0.717, 1.165) is 11.4 Å². The fourth-order valence-corrected chi connectivity index (χ4v) is 2.97. The van der Waals surface area contributed by atoms with Crippen molar-refractivity contribution in [1.29, 1.82) is 0 Å². The molecule has 2 aromatic heterocycles. The van der Waals surface area contributed by atoms with Crippen LogP contribution in [0, 0.1) is 0 Å². The molecule has 3 rings (SSSR count). The smallest absolute Gasteiger partial charge is 0.275 e. The van der Waals surface area contributed by atoms with E-state index in [1.165, 1.54) is 28.8 Å². The Morgan fingerprint density at radius 1 is 1.33 bits per heavy atom. The number of amides is 1. The molecule has 1 N–H and O–H groups in total. The molecule has 8 heteroatoms. The summed E-state index contributed by atoms with van der Waals surface area (Å²) in [6.45, 7) is 3.62. The molecule has 3 aromatic rings. The van der Waals surface area contributed by atoms with E-state index in [0.29, 0.717) is 22.1 Å². The first-order valence-corrected chi connectivity index (χ1v) is 8.26. The lowest BCUT2D eigenvalue weighted by molar-refractivity contribution is -0.114. The predicted octanol–water partition coefficient (Wildman–Crippen LogP) is 2.25. The molecule has 0 aliphatic rings. The summed E-state index contributed by atoms with van der Waals surface area (Å²) in [6, 6.07) is 8.42. The van der Waals surface area contributed by atoms with Gasteiger partial charge in [-0.2, -0.15) is 9.61 Å². The van der Waals surface area contributed by atoms with Crippen LogP contribution < -0.4 is 15.6 Å². The van der Waals surface area contributed by atoms with Crippen LogP contribution in [0.3, 0.4) is 0 Å². The maximum Gasteiger partial charge on any atom is 0.275 e. The lowest BCUT2D eigenvalue weighted by Gasteiger charge is -2.07. The van der Waals surface area contributed by atoms with Gasteiger partial charge in [-0.25, -0.2) is 4.98 Å². The number of hydrogen-bond donors (Lipinski definition) is 1. The summed E-state index contributed by atoms with van der Waals surface area (Å²) in [7, 11) is 0. The fourth-order valence-electron chi connectivity index (χ4n) is 2.11. The largest absolute Gasteiger partial charge is 0.487 e. The second-order valence-electron chi connectivity index (χ2n) is 5.12. The zero-order valence-electron chi connectivity index (χ0n) is 13.3. The van der Waals surface area contributed by atoms with Gasteiger partial charge in [0.05, 0.1) is 5.69 Å². The average Bonchev–Trinajstić information content (AvgIpc) is 2.97. The highest BCUT2D eigenvalue weighted by molar-refractivity contribution is 7.16. The minimum atomic E-state index is -0.212. The molecule has 0 saturated heterocycles. The Morgan fingerprint density at radius 2 is 2.08 bits per heavy atom. The molecular weight excluding hydrogens is 328 g/mol. The first-order valence-electron chi connectivity index (χ1n) is 7.44. The van der Waals surface area contributed by atoms with Crippen LogP contribution >= 0.6 is 11.3 Å². The van der Waals surface area contributed by atoms with Gasteiger partial charge < -0.3 is 10.1 Å². The molecule has 2 heterocycles. The van der Waals surface area contributed by atoms with Gasteiger partial charge in [-0.3, -0.25) is 9.59 Å². The Kier molecular flexibility index (Phi) is 4.57. The molecule has 0 aliphatic heterocycles. The van der Waals surface area contributed by atoms with Gasteiger partial charge >= 0.3 is 0 Å². The number of aryl methyl sites for hydroxylation is 1. The van der Waals surface area contributed by atoms with E-state index < -0.39 is 0 Å². The number of hydrogen-bond acceptors (Lipinski definition) is 6. The van der Waals surface area contributed by atoms with E-state index in [9.17, 15) is 9.59 Å². The van der Waals surface area contributed by atoms with Gasteiger partial charge in [-0.15, -0.1) is 0 Å². The standard InChI is InChI=1S/C16H16N4O3S/c1-3-14-19-20-15(22)8-12(18-16(20)24-14)9-23-13-6-4-11(5-7-13)17-10(2)21/h4-8H,3,9H2,1-2H3,(H,17,21). The summed E-state index contributed by atoms with van der Waals surface area (Å²) in [4.78, 5) is 28.0. The van der Waals surface area contributed by atoms with Crippen molar-refractivity contribution < 1.29 is 9.53 Å². The van der Waals surface area contributed by atoms with Crippen molar-refractivity contribution in [2.24, 2.45) is 0 Å². The molecule has 0 aliphatic carbocycles. The van der Waals surface area contributed by atoms with Gasteiger partial charge in [0.2, 0.25) is 10.9 Å². The minimum Gasteiger partial charge on any atom is -0.487 e. The minimum absolute atomic E-state index is 0.127. The van der Waals surface area contributed by atoms with Crippen LogP contribution in [0.15, 0.2) is 35.1 Å². The van der Waals surface area contributed by atoms with E-state index in [4.69, 9.17) is 4.74 Å². The van der Waals surface area contributed by atoms with Crippen molar-refractivity contribution in [2.75, 3.05) is 5.32 Å². The summed E-state index contributed by atoms with van der Waals surface area (Å²) < 4.78 is 6.96. The maximum absolute atomic E-state index is 12.1. The van der Waals surface area contributed by atoms with Crippen molar-refractivity contribution in [2.45, 2.75) is 26.9 Å². The van der Waals surface area contributed by atoms with E-state index in [1.54, 1.807) is 24.3 Å².